The van der Waals surface area contributed by atoms with Crippen LogP contribution in [0.3, 0.4) is 0 Å². The maximum absolute atomic E-state index is 11.5. The molecule has 0 fully saturated rings. The smallest absolute Gasteiger partial charge is 0.252 e. The predicted octanol–water partition coefficient (Wildman–Crippen LogP) is 1.62. The van der Waals surface area contributed by atoms with Gasteiger partial charge in [0.15, 0.2) is 0 Å². The normalized spacial score (nSPS) is 10.1. The zero-order valence-electron chi connectivity index (χ0n) is 9.05. The molecule has 1 N–H and O–H groups in total. The summed E-state index contributed by atoms with van der Waals surface area (Å²) in [5.41, 5.74) is 0.581. The standard InChI is InChI=1S/C12H13N3O/c1-2-13-12(16)10-5-6-11(14-9-10)15-7-3-4-8-15/h3-9H,2H2,1H3,(H,13,16). The van der Waals surface area contributed by atoms with Gasteiger partial charge in [0, 0.05) is 25.1 Å². The second-order valence-electron chi connectivity index (χ2n) is 3.35. The van der Waals surface area contributed by atoms with E-state index in [1.54, 1.807) is 12.3 Å². The molecule has 0 aromatic carbocycles. The van der Waals surface area contributed by atoms with Gasteiger partial charge in [0.05, 0.1) is 5.56 Å². The number of amides is 1. The topological polar surface area (TPSA) is 46.9 Å². The highest BCUT2D eigenvalue weighted by Gasteiger charge is 2.04. The van der Waals surface area contributed by atoms with Crippen LogP contribution in [0.5, 0.6) is 0 Å². The number of carbonyl (C=O) groups excluding carboxylic acids is 1. The zero-order valence-corrected chi connectivity index (χ0v) is 9.05. The van der Waals surface area contributed by atoms with Crippen molar-refractivity contribution in [3.05, 3.63) is 48.4 Å². The summed E-state index contributed by atoms with van der Waals surface area (Å²) < 4.78 is 1.89. The van der Waals surface area contributed by atoms with Crippen molar-refractivity contribution in [3.63, 3.8) is 0 Å². The summed E-state index contributed by atoms with van der Waals surface area (Å²) in [7, 11) is 0. The van der Waals surface area contributed by atoms with Gasteiger partial charge in [0.1, 0.15) is 5.82 Å². The van der Waals surface area contributed by atoms with Gasteiger partial charge in [-0.1, -0.05) is 0 Å². The highest BCUT2D eigenvalue weighted by atomic mass is 16.1. The summed E-state index contributed by atoms with van der Waals surface area (Å²) in [6.45, 7) is 2.51. The minimum absolute atomic E-state index is 0.0888. The first-order valence-electron chi connectivity index (χ1n) is 5.19. The first-order valence-corrected chi connectivity index (χ1v) is 5.19. The fraction of sp³-hybridized carbons (Fsp3) is 0.167. The summed E-state index contributed by atoms with van der Waals surface area (Å²) in [4.78, 5) is 15.7. The molecule has 0 bridgehead atoms. The fourth-order valence-corrected chi connectivity index (χ4v) is 1.42. The largest absolute Gasteiger partial charge is 0.352 e. The summed E-state index contributed by atoms with van der Waals surface area (Å²) in [6.07, 6.45) is 5.41. The third kappa shape index (κ3) is 2.11. The van der Waals surface area contributed by atoms with E-state index in [0.29, 0.717) is 12.1 Å². The molecule has 0 spiro atoms. The van der Waals surface area contributed by atoms with E-state index in [4.69, 9.17) is 0 Å². The molecular formula is C12H13N3O. The van der Waals surface area contributed by atoms with E-state index >= 15 is 0 Å². The van der Waals surface area contributed by atoms with E-state index in [2.05, 4.69) is 10.3 Å². The summed E-state index contributed by atoms with van der Waals surface area (Å²) in [5.74, 6) is 0.715. The van der Waals surface area contributed by atoms with Gasteiger partial charge in [-0.3, -0.25) is 4.79 Å². The number of nitrogens with one attached hydrogen (secondary N) is 1. The Bertz CT molecular complexity index is 460. The number of nitrogens with zero attached hydrogens (tertiary/aromatic N) is 2. The first-order chi connectivity index (χ1) is 7.81. The summed E-state index contributed by atoms with van der Waals surface area (Å²) in [6, 6.07) is 7.46. The lowest BCUT2D eigenvalue weighted by Crippen LogP contribution is -2.22. The molecule has 0 saturated carbocycles. The van der Waals surface area contributed by atoms with Crippen molar-refractivity contribution in [2.75, 3.05) is 6.54 Å². The molecule has 2 aromatic heterocycles. The van der Waals surface area contributed by atoms with Crippen molar-refractivity contribution in [3.8, 4) is 5.82 Å². The van der Waals surface area contributed by atoms with E-state index in [1.807, 2.05) is 42.1 Å². The van der Waals surface area contributed by atoms with Gasteiger partial charge in [-0.2, -0.15) is 0 Å². The minimum atomic E-state index is -0.0888. The molecule has 16 heavy (non-hydrogen) atoms. The lowest BCUT2D eigenvalue weighted by molar-refractivity contribution is 0.0955. The van der Waals surface area contributed by atoms with E-state index in [0.717, 1.165) is 5.82 Å². The molecule has 0 saturated heterocycles. The van der Waals surface area contributed by atoms with Crippen molar-refractivity contribution in [2.45, 2.75) is 6.92 Å². The molecule has 0 unspecified atom stereocenters. The Kier molecular flexibility index (Phi) is 3.00. The van der Waals surface area contributed by atoms with Crippen molar-refractivity contribution in [2.24, 2.45) is 0 Å². The van der Waals surface area contributed by atoms with Crippen LogP contribution < -0.4 is 5.32 Å². The Balaban J connectivity index is 2.20. The Morgan fingerprint density at radius 2 is 2.12 bits per heavy atom. The van der Waals surface area contributed by atoms with Crippen LogP contribution in [-0.4, -0.2) is 22.0 Å². The maximum Gasteiger partial charge on any atom is 0.252 e. The number of carbonyl (C=O) groups is 1. The summed E-state index contributed by atoms with van der Waals surface area (Å²) in [5, 5.41) is 2.73. The van der Waals surface area contributed by atoms with Crippen LogP contribution in [0.25, 0.3) is 5.82 Å². The van der Waals surface area contributed by atoms with Crippen LogP contribution >= 0.6 is 0 Å². The molecule has 0 atom stereocenters. The lowest BCUT2D eigenvalue weighted by atomic mass is 10.2. The monoisotopic (exact) mass is 215 g/mol. The second kappa shape index (κ2) is 4.61. The highest BCUT2D eigenvalue weighted by Crippen LogP contribution is 2.06. The molecule has 2 rings (SSSR count). The molecule has 2 heterocycles. The van der Waals surface area contributed by atoms with Crippen LogP contribution in [0.1, 0.15) is 17.3 Å². The van der Waals surface area contributed by atoms with E-state index in [-0.39, 0.29) is 5.91 Å². The average Bonchev–Trinajstić information content (AvgIpc) is 2.83. The van der Waals surface area contributed by atoms with Crippen molar-refractivity contribution in [1.29, 1.82) is 0 Å². The molecular weight excluding hydrogens is 202 g/mol. The Labute approximate surface area is 93.9 Å². The minimum Gasteiger partial charge on any atom is -0.352 e. The van der Waals surface area contributed by atoms with Crippen LogP contribution in [0, 0.1) is 0 Å². The van der Waals surface area contributed by atoms with Crippen LogP contribution in [-0.2, 0) is 0 Å². The van der Waals surface area contributed by atoms with E-state index < -0.39 is 0 Å². The number of hydrogen-bond acceptors (Lipinski definition) is 2. The van der Waals surface area contributed by atoms with Gasteiger partial charge < -0.3 is 9.88 Å². The highest BCUT2D eigenvalue weighted by molar-refractivity contribution is 5.93. The Morgan fingerprint density at radius 1 is 1.38 bits per heavy atom. The van der Waals surface area contributed by atoms with E-state index in [1.165, 1.54) is 0 Å². The zero-order chi connectivity index (χ0) is 11.4. The van der Waals surface area contributed by atoms with Gasteiger partial charge >= 0.3 is 0 Å². The SMILES string of the molecule is CCNC(=O)c1ccc(-n2cccc2)nc1. The van der Waals surface area contributed by atoms with Crippen molar-refractivity contribution < 1.29 is 4.79 Å². The van der Waals surface area contributed by atoms with Crippen LogP contribution in [0.2, 0.25) is 0 Å². The molecule has 0 radical (unpaired) electrons. The molecule has 0 aliphatic heterocycles. The lowest BCUT2D eigenvalue weighted by Gasteiger charge is -2.04. The van der Waals surface area contributed by atoms with Gasteiger partial charge in [0.25, 0.3) is 5.91 Å². The van der Waals surface area contributed by atoms with Crippen LogP contribution in [0.4, 0.5) is 0 Å². The molecule has 4 heteroatoms. The second-order valence-corrected chi connectivity index (χ2v) is 3.35. The number of pyridine rings is 1. The predicted molar refractivity (Wildman–Crippen MR) is 61.6 cm³/mol. The van der Waals surface area contributed by atoms with Crippen molar-refractivity contribution in [1.82, 2.24) is 14.9 Å². The van der Waals surface area contributed by atoms with Crippen molar-refractivity contribution >= 4 is 5.91 Å². The summed E-state index contributed by atoms with van der Waals surface area (Å²) >= 11 is 0. The molecule has 0 aliphatic carbocycles. The Hall–Kier alpha value is -2.10. The Morgan fingerprint density at radius 3 is 2.69 bits per heavy atom. The number of aromatic nitrogens is 2. The molecule has 1 amide bonds. The third-order valence-electron chi connectivity index (χ3n) is 2.22. The molecule has 82 valence electrons. The van der Waals surface area contributed by atoms with Gasteiger partial charge in [-0.25, -0.2) is 4.98 Å². The van der Waals surface area contributed by atoms with Gasteiger partial charge in [0.2, 0.25) is 0 Å². The first kappa shape index (κ1) is 10.4. The third-order valence-corrected chi connectivity index (χ3v) is 2.22. The molecule has 4 nitrogen and oxygen atoms in total. The molecule has 2 aromatic rings. The van der Waals surface area contributed by atoms with Gasteiger partial charge in [-0.15, -0.1) is 0 Å². The van der Waals surface area contributed by atoms with Crippen LogP contribution in [0.15, 0.2) is 42.9 Å². The maximum atomic E-state index is 11.5. The average molecular weight is 215 g/mol. The molecule has 0 aliphatic rings. The number of rotatable bonds is 3. The van der Waals surface area contributed by atoms with E-state index in [9.17, 15) is 4.79 Å². The fourth-order valence-electron chi connectivity index (χ4n) is 1.42. The number of hydrogen-bond donors (Lipinski definition) is 1. The van der Waals surface area contributed by atoms with Gasteiger partial charge in [-0.05, 0) is 31.2 Å². The quantitative estimate of drug-likeness (QED) is 0.845.